The van der Waals surface area contributed by atoms with Crippen LogP contribution in [0.25, 0.3) is 0 Å². The number of anilines is 1. The van der Waals surface area contributed by atoms with E-state index in [0.717, 1.165) is 41.4 Å². The van der Waals surface area contributed by atoms with Gasteiger partial charge in [0.05, 0.1) is 22.8 Å². The molecule has 4 bridgehead atoms. The van der Waals surface area contributed by atoms with Crippen LogP contribution in [0.3, 0.4) is 0 Å². The average Bonchev–Trinajstić information content (AvgIpc) is 2.76. The van der Waals surface area contributed by atoms with Crippen molar-refractivity contribution in [1.29, 1.82) is 0 Å². The maximum Gasteiger partial charge on any atom is 0.258 e. The van der Waals surface area contributed by atoms with E-state index in [1.54, 1.807) is 17.3 Å². The number of hydrogen-bond donors (Lipinski definition) is 1. The average molecular weight is 455 g/mol. The zero-order chi connectivity index (χ0) is 21.9. The van der Waals surface area contributed by atoms with Gasteiger partial charge in [0.25, 0.3) is 5.91 Å². The fourth-order valence-electron chi connectivity index (χ4n) is 7.32. The standard InChI is InChI=1S/C25H28ClFN4O/c26-19-2-1-3-20(27)22(19)24(32)31-5-4-18-21(12-31)29-14-30-23(18)28-13-25-9-15-6-16(10-25)8-17(7-15)11-25/h1-3,14-17H,4-13H2,(H,28,29,30). The van der Waals surface area contributed by atoms with Gasteiger partial charge in [-0.1, -0.05) is 17.7 Å². The molecule has 5 aliphatic rings. The largest absolute Gasteiger partial charge is 0.369 e. The van der Waals surface area contributed by atoms with Crippen molar-refractivity contribution in [1.82, 2.24) is 14.9 Å². The summed E-state index contributed by atoms with van der Waals surface area (Å²) in [5, 5.41) is 3.83. The molecule has 2 aromatic rings. The number of halogens is 2. The van der Waals surface area contributed by atoms with Crippen molar-refractivity contribution < 1.29 is 9.18 Å². The van der Waals surface area contributed by atoms with Crippen LogP contribution in [0.4, 0.5) is 10.2 Å². The Hall–Kier alpha value is -2.21. The lowest BCUT2D eigenvalue weighted by Crippen LogP contribution is -2.49. The molecule has 5 nitrogen and oxygen atoms in total. The molecule has 0 unspecified atom stereocenters. The van der Waals surface area contributed by atoms with E-state index in [4.69, 9.17) is 11.6 Å². The molecule has 1 N–H and O–H groups in total. The Bertz CT molecular complexity index is 1020. The first-order valence-corrected chi connectivity index (χ1v) is 12.2. The topological polar surface area (TPSA) is 58.1 Å². The van der Waals surface area contributed by atoms with Crippen molar-refractivity contribution in [2.75, 3.05) is 18.4 Å². The zero-order valence-corrected chi connectivity index (χ0v) is 18.9. The summed E-state index contributed by atoms with van der Waals surface area (Å²) in [5.74, 6) is 2.70. The monoisotopic (exact) mass is 454 g/mol. The predicted octanol–water partition coefficient (Wildman–Crippen LogP) is 5.10. The fraction of sp³-hybridized carbons (Fsp3) is 0.560. The summed E-state index contributed by atoms with van der Waals surface area (Å²) in [6.07, 6.45) is 10.6. The van der Waals surface area contributed by atoms with Crippen LogP contribution in [0, 0.1) is 29.0 Å². The second-order valence-corrected chi connectivity index (χ2v) is 10.9. The number of aromatic nitrogens is 2. The molecule has 1 aromatic carbocycles. The number of amides is 1. The molecule has 1 aromatic heterocycles. The lowest BCUT2D eigenvalue weighted by atomic mass is 9.49. The third-order valence-corrected chi connectivity index (χ3v) is 8.58. The van der Waals surface area contributed by atoms with Gasteiger partial charge in [0.2, 0.25) is 0 Å². The van der Waals surface area contributed by atoms with E-state index >= 15 is 0 Å². The molecule has 7 rings (SSSR count). The number of benzene rings is 1. The molecule has 0 atom stereocenters. The Kier molecular flexibility index (Phi) is 4.90. The zero-order valence-electron chi connectivity index (χ0n) is 18.1. The summed E-state index contributed by atoms with van der Waals surface area (Å²) in [6.45, 7) is 1.82. The van der Waals surface area contributed by atoms with Crippen LogP contribution in [0.1, 0.15) is 60.1 Å². The molecule has 0 radical (unpaired) electrons. The first kappa shape index (κ1) is 20.4. The van der Waals surface area contributed by atoms with E-state index in [1.807, 2.05) is 0 Å². The van der Waals surface area contributed by atoms with Crippen LogP contribution < -0.4 is 5.32 Å². The summed E-state index contributed by atoms with van der Waals surface area (Å²) >= 11 is 6.12. The number of carbonyl (C=O) groups is 1. The number of fused-ring (bicyclic) bond motifs is 1. The first-order chi connectivity index (χ1) is 15.5. The lowest BCUT2D eigenvalue weighted by Gasteiger charge is -2.57. The molecule has 7 heteroatoms. The van der Waals surface area contributed by atoms with Crippen LogP contribution in [0.2, 0.25) is 5.02 Å². The second-order valence-electron chi connectivity index (χ2n) is 10.5. The van der Waals surface area contributed by atoms with Gasteiger partial charge < -0.3 is 10.2 Å². The SMILES string of the molecule is O=C(c1c(F)cccc1Cl)N1CCc2c(ncnc2NCC23CC4CC(CC(C4)C2)C3)C1. The minimum absolute atomic E-state index is 0.0631. The van der Waals surface area contributed by atoms with Crippen LogP contribution in [0.15, 0.2) is 24.5 Å². The van der Waals surface area contributed by atoms with Gasteiger partial charge in [-0.2, -0.15) is 0 Å². The Balaban J connectivity index is 1.18. The van der Waals surface area contributed by atoms with Gasteiger partial charge in [0.1, 0.15) is 18.0 Å². The van der Waals surface area contributed by atoms with Crippen molar-refractivity contribution >= 4 is 23.3 Å². The van der Waals surface area contributed by atoms with Gasteiger partial charge in [-0.25, -0.2) is 14.4 Å². The highest BCUT2D eigenvalue weighted by Gasteiger charge is 2.50. The normalized spacial score (nSPS) is 30.3. The molecule has 0 spiro atoms. The van der Waals surface area contributed by atoms with Crippen molar-refractivity contribution in [2.45, 2.75) is 51.5 Å². The Morgan fingerprint density at radius 2 is 1.88 bits per heavy atom. The van der Waals surface area contributed by atoms with Crippen molar-refractivity contribution in [3.63, 3.8) is 0 Å². The van der Waals surface area contributed by atoms with Gasteiger partial charge in [0, 0.05) is 18.7 Å². The third kappa shape index (κ3) is 3.47. The first-order valence-electron chi connectivity index (χ1n) is 11.8. The Morgan fingerprint density at radius 3 is 2.56 bits per heavy atom. The minimum Gasteiger partial charge on any atom is -0.369 e. The van der Waals surface area contributed by atoms with E-state index in [9.17, 15) is 9.18 Å². The highest BCUT2D eigenvalue weighted by atomic mass is 35.5. The van der Waals surface area contributed by atoms with Crippen LogP contribution in [-0.2, 0) is 13.0 Å². The molecule has 4 fully saturated rings. The van der Waals surface area contributed by atoms with E-state index < -0.39 is 5.82 Å². The molecule has 2 heterocycles. The molecular weight excluding hydrogens is 427 g/mol. The summed E-state index contributed by atoms with van der Waals surface area (Å²) in [5.41, 5.74) is 2.28. The number of hydrogen-bond acceptors (Lipinski definition) is 4. The summed E-state index contributed by atoms with van der Waals surface area (Å²) in [7, 11) is 0. The quantitative estimate of drug-likeness (QED) is 0.698. The molecule has 168 valence electrons. The fourth-order valence-corrected chi connectivity index (χ4v) is 7.56. The molecule has 4 aliphatic carbocycles. The number of nitrogens with zero attached hydrogens (tertiary/aromatic N) is 3. The van der Waals surface area contributed by atoms with Crippen molar-refractivity contribution in [3.8, 4) is 0 Å². The Morgan fingerprint density at radius 1 is 1.16 bits per heavy atom. The van der Waals surface area contributed by atoms with Gasteiger partial charge in [0.15, 0.2) is 0 Å². The second kappa shape index (κ2) is 7.68. The maximum absolute atomic E-state index is 14.3. The smallest absolute Gasteiger partial charge is 0.258 e. The minimum atomic E-state index is -0.589. The third-order valence-electron chi connectivity index (χ3n) is 8.27. The van der Waals surface area contributed by atoms with Gasteiger partial charge in [-0.15, -0.1) is 0 Å². The summed E-state index contributed by atoms with van der Waals surface area (Å²) < 4.78 is 14.3. The molecular formula is C25H28ClFN4O. The number of rotatable bonds is 4. The predicted molar refractivity (Wildman–Crippen MR) is 121 cm³/mol. The molecule has 32 heavy (non-hydrogen) atoms. The van der Waals surface area contributed by atoms with Crippen molar-refractivity contribution in [2.24, 2.45) is 23.2 Å². The molecule has 4 saturated carbocycles. The number of nitrogens with one attached hydrogen (secondary N) is 1. The molecule has 1 amide bonds. The summed E-state index contributed by atoms with van der Waals surface area (Å²) in [4.78, 5) is 23.6. The van der Waals surface area contributed by atoms with E-state index in [2.05, 4.69) is 15.3 Å². The van der Waals surface area contributed by atoms with Crippen LogP contribution >= 0.6 is 11.6 Å². The van der Waals surface area contributed by atoms with Crippen LogP contribution in [-0.4, -0.2) is 33.9 Å². The Labute approximate surface area is 192 Å². The van der Waals surface area contributed by atoms with E-state index in [-0.39, 0.29) is 16.5 Å². The van der Waals surface area contributed by atoms with Gasteiger partial charge >= 0.3 is 0 Å². The molecule has 0 saturated heterocycles. The van der Waals surface area contributed by atoms with E-state index in [1.165, 1.54) is 50.7 Å². The van der Waals surface area contributed by atoms with Gasteiger partial charge in [-0.3, -0.25) is 4.79 Å². The van der Waals surface area contributed by atoms with Gasteiger partial charge in [-0.05, 0) is 80.2 Å². The van der Waals surface area contributed by atoms with Crippen LogP contribution in [0.5, 0.6) is 0 Å². The number of carbonyl (C=O) groups excluding carboxylic acids is 1. The van der Waals surface area contributed by atoms with Crippen molar-refractivity contribution in [3.05, 3.63) is 52.2 Å². The highest BCUT2D eigenvalue weighted by molar-refractivity contribution is 6.33. The lowest BCUT2D eigenvalue weighted by molar-refractivity contribution is -0.0444. The van der Waals surface area contributed by atoms with E-state index in [0.29, 0.717) is 24.9 Å². The maximum atomic E-state index is 14.3. The highest BCUT2D eigenvalue weighted by Crippen LogP contribution is 2.59. The molecule has 1 aliphatic heterocycles. The summed E-state index contributed by atoms with van der Waals surface area (Å²) in [6, 6.07) is 4.32.